The van der Waals surface area contributed by atoms with Gasteiger partial charge in [-0.25, -0.2) is 15.0 Å². The van der Waals surface area contributed by atoms with Crippen molar-refractivity contribution >= 4 is 32.3 Å². The van der Waals surface area contributed by atoms with Gasteiger partial charge in [0.25, 0.3) is 0 Å². The maximum Gasteiger partial charge on any atom is 0.164 e. The molecule has 54 heavy (non-hydrogen) atoms. The smallest absolute Gasteiger partial charge is 0.164 e. The Kier molecular flexibility index (Phi) is 7.81. The van der Waals surface area contributed by atoms with E-state index in [9.17, 15) is 0 Å². The van der Waals surface area contributed by atoms with Crippen LogP contribution >= 0.6 is 0 Å². The van der Waals surface area contributed by atoms with E-state index in [0.29, 0.717) is 17.5 Å². The highest BCUT2D eigenvalue weighted by Gasteiger charge is 2.16. The van der Waals surface area contributed by atoms with Crippen LogP contribution in [0.3, 0.4) is 0 Å². The lowest BCUT2D eigenvalue weighted by atomic mass is 9.90. The van der Waals surface area contributed by atoms with Crippen LogP contribution in [0.2, 0.25) is 0 Å². The predicted octanol–water partition coefficient (Wildman–Crippen LogP) is 13.3. The van der Waals surface area contributed by atoms with E-state index in [-0.39, 0.29) is 0 Å². The van der Waals surface area contributed by atoms with Crippen LogP contribution in [0.5, 0.6) is 0 Å². The number of fused-ring (bicyclic) bond motifs is 3. The summed E-state index contributed by atoms with van der Waals surface area (Å²) in [4.78, 5) is 15.0. The third-order valence-electron chi connectivity index (χ3n) is 10.3. The second-order valence-corrected chi connectivity index (χ2v) is 13.6. The summed E-state index contributed by atoms with van der Waals surface area (Å²) in [6.07, 6.45) is 0. The highest BCUT2D eigenvalue weighted by molar-refractivity contribution is 6.05. The minimum atomic E-state index is 0.653. The van der Waals surface area contributed by atoms with Crippen molar-refractivity contribution in [3.63, 3.8) is 0 Å². The Morgan fingerprint density at radius 3 is 1.35 bits per heavy atom. The van der Waals surface area contributed by atoms with E-state index >= 15 is 0 Å². The van der Waals surface area contributed by atoms with Crippen LogP contribution in [-0.4, -0.2) is 15.0 Å². The molecule has 0 N–H and O–H groups in total. The zero-order chi connectivity index (χ0) is 35.8. The fraction of sp³-hybridized carbons (Fsp3) is 0. The van der Waals surface area contributed by atoms with E-state index in [1.54, 1.807) is 0 Å². The number of hydrogen-bond donors (Lipinski definition) is 0. The normalized spacial score (nSPS) is 11.3. The van der Waals surface area contributed by atoms with E-state index in [4.69, 9.17) is 15.0 Å². The van der Waals surface area contributed by atoms with Gasteiger partial charge in [0.2, 0.25) is 0 Å². The summed E-state index contributed by atoms with van der Waals surface area (Å²) in [5, 5.41) is 7.16. The molecule has 10 rings (SSSR count). The summed E-state index contributed by atoms with van der Waals surface area (Å²) in [6, 6.07) is 70.7. The van der Waals surface area contributed by atoms with Gasteiger partial charge in [0.05, 0.1) is 0 Å². The first-order valence-electron chi connectivity index (χ1n) is 18.3. The van der Waals surface area contributed by atoms with Gasteiger partial charge in [-0.15, -0.1) is 0 Å². The molecule has 252 valence electrons. The molecule has 3 heteroatoms. The minimum absolute atomic E-state index is 0.653. The number of aromatic nitrogens is 3. The zero-order valence-electron chi connectivity index (χ0n) is 29.4. The maximum absolute atomic E-state index is 5.04. The molecule has 1 heterocycles. The first-order valence-corrected chi connectivity index (χ1v) is 18.3. The Morgan fingerprint density at radius 1 is 0.222 bits per heavy atom. The molecule has 0 saturated heterocycles. The second kappa shape index (κ2) is 13.4. The van der Waals surface area contributed by atoms with Crippen molar-refractivity contribution in [3.8, 4) is 67.5 Å². The van der Waals surface area contributed by atoms with Crippen molar-refractivity contribution in [2.45, 2.75) is 0 Å². The van der Waals surface area contributed by atoms with Crippen LogP contribution in [0.15, 0.2) is 200 Å². The van der Waals surface area contributed by atoms with Crippen molar-refractivity contribution in [3.05, 3.63) is 200 Å². The first-order chi connectivity index (χ1) is 26.8. The molecule has 0 radical (unpaired) electrons. The zero-order valence-corrected chi connectivity index (χ0v) is 29.4. The SMILES string of the molecule is c1ccc(-c2nc(-c3ccccc3)nc(-c3cccc4c(-c5ccc6cc(-c7ccccc7-c7cccc8ccccc78)ccc6c5)cccc34)n2)cc1. The molecule has 0 spiro atoms. The first kappa shape index (κ1) is 31.5. The van der Waals surface area contributed by atoms with Gasteiger partial charge in [0.1, 0.15) is 0 Å². The average Bonchev–Trinajstić information content (AvgIpc) is 3.26. The Balaban J connectivity index is 1.06. The van der Waals surface area contributed by atoms with Gasteiger partial charge in [-0.05, 0) is 77.8 Å². The molecule has 10 aromatic rings. The van der Waals surface area contributed by atoms with Crippen LogP contribution in [0.25, 0.3) is 99.9 Å². The van der Waals surface area contributed by atoms with Crippen LogP contribution < -0.4 is 0 Å². The summed E-state index contributed by atoms with van der Waals surface area (Å²) in [6.45, 7) is 0. The van der Waals surface area contributed by atoms with Crippen LogP contribution in [0.4, 0.5) is 0 Å². The molecule has 0 aliphatic carbocycles. The predicted molar refractivity (Wildman–Crippen MR) is 225 cm³/mol. The molecular weight excluding hydrogens is 655 g/mol. The van der Waals surface area contributed by atoms with E-state index in [0.717, 1.165) is 27.5 Å². The molecule has 0 fully saturated rings. The molecule has 3 nitrogen and oxygen atoms in total. The van der Waals surface area contributed by atoms with Gasteiger partial charge in [0, 0.05) is 16.7 Å². The number of nitrogens with zero attached hydrogens (tertiary/aromatic N) is 3. The fourth-order valence-electron chi connectivity index (χ4n) is 7.70. The van der Waals surface area contributed by atoms with E-state index < -0.39 is 0 Å². The van der Waals surface area contributed by atoms with E-state index in [1.807, 2.05) is 60.7 Å². The Labute approximate surface area is 313 Å². The number of hydrogen-bond acceptors (Lipinski definition) is 3. The van der Waals surface area contributed by atoms with Crippen molar-refractivity contribution < 1.29 is 0 Å². The summed E-state index contributed by atoms with van der Waals surface area (Å²) in [5.74, 6) is 1.96. The molecule has 0 bridgehead atoms. The molecule has 0 amide bonds. The van der Waals surface area contributed by atoms with Gasteiger partial charge >= 0.3 is 0 Å². The van der Waals surface area contributed by atoms with Gasteiger partial charge in [-0.1, -0.05) is 188 Å². The van der Waals surface area contributed by atoms with Gasteiger partial charge < -0.3 is 0 Å². The largest absolute Gasteiger partial charge is 0.208 e. The van der Waals surface area contributed by atoms with Gasteiger partial charge in [-0.2, -0.15) is 0 Å². The monoisotopic (exact) mass is 687 g/mol. The molecule has 1 aromatic heterocycles. The van der Waals surface area contributed by atoms with E-state index in [1.165, 1.54) is 54.9 Å². The van der Waals surface area contributed by atoms with E-state index in [2.05, 4.69) is 140 Å². The lowest BCUT2D eigenvalue weighted by Crippen LogP contribution is -2.00. The van der Waals surface area contributed by atoms with Gasteiger partial charge in [0.15, 0.2) is 17.5 Å². The third kappa shape index (κ3) is 5.69. The fourth-order valence-corrected chi connectivity index (χ4v) is 7.70. The summed E-state index contributed by atoms with van der Waals surface area (Å²) < 4.78 is 0. The molecule has 0 aliphatic heterocycles. The molecule has 0 atom stereocenters. The maximum atomic E-state index is 5.04. The van der Waals surface area contributed by atoms with Crippen molar-refractivity contribution in [2.24, 2.45) is 0 Å². The number of rotatable bonds is 6. The molecule has 0 saturated carbocycles. The van der Waals surface area contributed by atoms with Crippen LogP contribution in [-0.2, 0) is 0 Å². The Morgan fingerprint density at radius 2 is 0.667 bits per heavy atom. The second-order valence-electron chi connectivity index (χ2n) is 13.6. The number of benzene rings is 9. The molecule has 0 unspecified atom stereocenters. The van der Waals surface area contributed by atoms with Crippen molar-refractivity contribution in [1.29, 1.82) is 0 Å². The topological polar surface area (TPSA) is 38.7 Å². The highest BCUT2D eigenvalue weighted by atomic mass is 15.0. The Hall–Kier alpha value is -7.23. The summed E-state index contributed by atoms with van der Waals surface area (Å²) in [5.41, 5.74) is 10.1. The average molecular weight is 688 g/mol. The lowest BCUT2D eigenvalue weighted by Gasteiger charge is -2.14. The standard InChI is InChI=1S/C51H33N3/c1-3-15-35(16-4-1)49-52-50(36-17-5-2-6-18-36)54-51(53-49)48-27-13-25-46-43(23-12-26-47(46)48)40-31-29-37-32-39(30-28-38(37)33-40)42-21-9-10-22-44(42)45-24-11-19-34-14-7-8-20-41(34)45/h1-33H. The van der Waals surface area contributed by atoms with Crippen LogP contribution in [0, 0.1) is 0 Å². The third-order valence-corrected chi connectivity index (χ3v) is 10.3. The molecule has 0 aliphatic rings. The molecule has 9 aromatic carbocycles. The summed E-state index contributed by atoms with van der Waals surface area (Å²) >= 11 is 0. The van der Waals surface area contributed by atoms with Crippen molar-refractivity contribution in [2.75, 3.05) is 0 Å². The molecular formula is C51H33N3. The van der Waals surface area contributed by atoms with Gasteiger partial charge in [-0.3, -0.25) is 0 Å². The quantitative estimate of drug-likeness (QED) is 0.175. The lowest BCUT2D eigenvalue weighted by molar-refractivity contribution is 1.08. The van der Waals surface area contributed by atoms with Crippen LogP contribution in [0.1, 0.15) is 0 Å². The highest BCUT2D eigenvalue weighted by Crippen LogP contribution is 2.39. The Bertz CT molecular complexity index is 2930. The van der Waals surface area contributed by atoms with Crippen molar-refractivity contribution in [1.82, 2.24) is 15.0 Å². The minimum Gasteiger partial charge on any atom is -0.208 e. The summed E-state index contributed by atoms with van der Waals surface area (Å²) in [7, 11) is 0.